The van der Waals surface area contributed by atoms with Gasteiger partial charge in [-0.25, -0.2) is 4.98 Å². The minimum Gasteiger partial charge on any atom is -0.346 e. The van der Waals surface area contributed by atoms with Crippen molar-refractivity contribution < 1.29 is 4.79 Å². The molecule has 31 heavy (non-hydrogen) atoms. The van der Waals surface area contributed by atoms with Crippen LogP contribution in [-0.4, -0.2) is 25.7 Å². The summed E-state index contributed by atoms with van der Waals surface area (Å²) < 4.78 is 2.06. The first kappa shape index (κ1) is 21.3. The van der Waals surface area contributed by atoms with Gasteiger partial charge in [0.25, 0.3) is 5.91 Å². The summed E-state index contributed by atoms with van der Waals surface area (Å²) in [6, 6.07) is 18.3. The van der Waals surface area contributed by atoms with E-state index in [9.17, 15) is 4.79 Å². The van der Waals surface area contributed by atoms with Crippen molar-refractivity contribution >= 4 is 29.0 Å². The summed E-state index contributed by atoms with van der Waals surface area (Å²) in [7, 11) is 0. The van der Waals surface area contributed by atoms with Gasteiger partial charge in [-0.1, -0.05) is 79.4 Å². The van der Waals surface area contributed by atoms with Crippen molar-refractivity contribution in [3.8, 4) is 5.69 Å². The number of carbonyl (C=O) groups excluding carboxylic acids is 1. The Bertz CT molecular complexity index is 1140. The number of nitrogens with zero attached hydrogens (tertiary/aromatic N) is 4. The lowest BCUT2D eigenvalue weighted by atomic mass is 10.0. The van der Waals surface area contributed by atoms with Crippen LogP contribution in [-0.2, 0) is 12.3 Å². The Labute approximate surface area is 189 Å². The molecule has 4 aromatic rings. The van der Waals surface area contributed by atoms with Crippen molar-refractivity contribution in [3.05, 3.63) is 88.1 Å². The predicted octanol–water partition coefficient (Wildman–Crippen LogP) is 5.07. The molecule has 0 saturated heterocycles. The Morgan fingerprint density at radius 3 is 2.61 bits per heavy atom. The molecule has 1 N–H and O–H groups in total. The highest BCUT2D eigenvalue weighted by Gasteiger charge is 2.14. The van der Waals surface area contributed by atoms with Crippen LogP contribution in [0.4, 0.5) is 0 Å². The molecule has 0 radical (unpaired) electrons. The van der Waals surface area contributed by atoms with Gasteiger partial charge in [0.1, 0.15) is 5.01 Å². The molecular weight excluding hydrogens is 426 g/mol. The topological polar surface area (TPSA) is 72.7 Å². The lowest BCUT2D eigenvalue weighted by Gasteiger charge is -2.09. The molecule has 6 nitrogen and oxygen atoms in total. The number of carbonyl (C=O) groups is 1. The largest absolute Gasteiger partial charge is 0.346 e. The SMILES string of the molecule is CC(C)c1ccc(-n2ccnc2SCc2nnc(C(=O)NCc3ccccc3)s2)cc1. The molecule has 0 aliphatic carbocycles. The Kier molecular flexibility index (Phi) is 6.79. The number of thioether (sulfide) groups is 1. The Morgan fingerprint density at radius 1 is 1.10 bits per heavy atom. The average Bonchev–Trinajstić information content (AvgIpc) is 3.46. The Morgan fingerprint density at radius 2 is 1.87 bits per heavy atom. The van der Waals surface area contributed by atoms with E-state index in [4.69, 9.17) is 0 Å². The first-order chi connectivity index (χ1) is 15.1. The molecule has 0 saturated carbocycles. The quantitative estimate of drug-likeness (QED) is 0.380. The lowest BCUT2D eigenvalue weighted by molar-refractivity contribution is 0.0950. The molecule has 0 bridgehead atoms. The summed E-state index contributed by atoms with van der Waals surface area (Å²) >= 11 is 2.89. The highest BCUT2D eigenvalue weighted by molar-refractivity contribution is 7.98. The van der Waals surface area contributed by atoms with Crippen LogP contribution in [0.2, 0.25) is 0 Å². The van der Waals surface area contributed by atoms with Gasteiger partial charge in [0.2, 0.25) is 5.01 Å². The molecule has 1 amide bonds. The summed E-state index contributed by atoms with van der Waals surface area (Å²) in [5.41, 5.74) is 3.43. The van der Waals surface area contributed by atoms with Crippen LogP contribution in [0.1, 0.15) is 45.7 Å². The highest BCUT2D eigenvalue weighted by Crippen LogP contribution is 2.26. The minimum atomic E-state index is -0.204. The molecule has 8 heteroatoms. The van der Waals surface area contributed by atoms with Gasteiger partial charge in [-0.05, 0) is 29.2 Å². The molecule has 0 aliphatic rings. The van der Waals surface area contributed by atoms with E-state index < -0.39 is 0 Å². The van der Waals surface area contributed by atoms with Crippen LogP contribution in [0.25, 0.3) is 5.69 Å². The summed E-state index contributed by atoms with van der Waals surface area (Å²) in [4.78, 5) is 16.8. The molecule has 0 spiro atoms. The summed E-state index contributed by atoms with van der Waals surface area (Å²) in [5.74, 6) is 0.900. The van der Waals surface area contributed by atoms with Gasteiger partial charge in [0.05, 0.1) is 5.75 Å². The predicted molar refractivity (Wildman–Crippen MR) is 125 cm³/mol. The van der Waals surface area contributed by atoms with E-state index in [0.717, 1.165) is 21.4 Å². The zero-order valence-electron chi connectivity index (χ0n) is 17.4. The van der Waals surface area contributed by atoms with Crippen LogP contribution < -0.4 is 5.32 Å². The average molecular weight is 450 g/mol. The number of aromatic nitrogens is 4. The van der Waals surface area contributed by atoms with E-state index in [0.29, 0.717) is 23.2 Å². The third-order valence-electron chi connectivity index (χ3n) is 4.73. The molecule has 2 aromatic heterocycles. The van der Waals surface area contributed by atoms with Crippen molar-refractivity contribution in [1.29, 1.82) is 0 Å². The molecule has 0 atom stereocenters. The summed E-state index contributed by atoms with van der Waals surface area (Å²) in [6.07, 6.45) is 3.75. The molecule has 2 heterocycles. The number of imidazole rings is 1. The van der Waals surface area contributed by atoms with Crippen molar-refractivity contribution in [2.75, 3.05) is 0 Å². The van der Waals surface area contributed by atoms with E-state index in [1.165, 1.54) is 16.9 Å². The number of hydrogen-bond donors (Lipinski definition) is 1. The fourth-order valence-electron chi connectivity index (χ4n) is 3.00. The van der Waals surface area contributed by atoms with E-state index >= 15 is 0 Å². The maximum Gasteiger partial charge on any atom is 0.282 e. The number of nitrogens with one attached hydrogen (secondary N) is 1. The van der Waals surface area contributed by atoms with Crippen LogP contribution in [0.15, 0.2) is 72.1 Å². The van der Waals surface area contributed by atoms with Gasteiger partial charge in [0, 0.05) is 24.6 Å². The Balaban J connectivity index is 1.36. The van der Waals surface area contributed by atoms with E-state index in [2.05, 4.69) is 63.2 Å². The molecule has 158 valence electrons. The van der Waals surface area contributed by atoms with Crippen LogP contribution >= 0.6 is 23.1 Å². The van der Waals surface area contributed by atoms with Crippen molar-refractivity contribution in [3.63, 3.8) is 0 Å². The molecule has 0 fully saturated rings. The van der Waals surface area contributed by atoms with Gasteiger partial charge >= 0.3 is 0 Å². The summed E-state index contributed by atoms with van der Waals surface area (Å²) in [6.45, 7) is 4.84. The van der Waals surface area contributed by atoms with Crippen molar-refractivity contribution in [2.45, 2.75) is 37.2 Å². The maximum absolute atomic E-state index is 12.4. The number of amides is 1. The third-order valence-corrected chi connectivity index (χ3v) is 6.81. The number of benzene rings is 2. The van der Waals surface area contributed by atoms with Gasteiger partial charge in [-0.2, -0.15) is 0 Å². The van der Waals surface area contributed by atoms with E-state index in [1.807, 2.05) is 36.5 Å². The first-order valence-electron chi connectivity index (χ1n) is 10.0. The second-order valence-corrected chi connectivity index (χ2v) is 9.29. The number of rotatable bonds is 8. The molecule has 0 unspecified atom stereocenters. The molecule has 0 aliphatic heterocycles. The van der Waals surface area contributed by atoms with Gasteiger partial charge in [-0.3, -0.25) is 9.36 Å². The standard InChI is InChI=1S/C23H23N5OS2/c1-16(2)18-8-10-19(11-9-18)28-13-12-24-23(28)30-15-20-26-27-22(31-20)21(29)25-14-17-6-4-3-5-7-17/h3-13,16H,14-15H2,1-2H3,(H,25,29). The fourth-order valence-corrected chi connectivity index (χ4v) is 4.71. The van der Waals surface area contributed by atoms with Crippen molar-refractivity contribution in [2.24, 2.45) is 0 Å². The molecule has 2 aromatic carbocycles. The zero-order valence-corrected chi connectivity index (χ0v) is 19.0. The minimum absolute atomic E-state index is 0.204. The van der Waals surface area contributed by atoms with Crippen LogP contribution in [0.3, 0.4) is 0 Å². The number of hydrogen-bond acceptors (Lipinski definition) is 6. The normalized spacial score (nSPS) is 11.1. The maximum atomic E-state index is 12.4. The van der Waals surface area contributed by atoms with Crippen LogP contribution in [0.5, 0.6) is 0 Å². The molecular formula is C23H23N5OS2. The van der Waals surface area contributed by atoms with Gasteiger partial charge < -0.3 is 5.32 Å². The summed E-state index contributed by atoms with van der Waals surface area (Å²) in [5, 5.41) is 13.2. The zero-order chi connectivity index (χ0) is 21.6. The highest BCUT2D eigenvalue weighted by atomic mass is 32.2. The van der Waals surface area contributed by atoms with Gasteiger partial charge in [0.15, 0.2) is 5.16 Å². The van der Waals surface area contributed by atoms with Crippen LogP contribution in [0, 0.1) is 0 Å². The van der Waals surface area contributed by atoms with Gasteiger partial charge in [-0.15, -0.1) is 10.2 Å². The second-order valence-electron chi connectivity index (χ2n) is 7.28. The lowest BCUT2D eigenvalue weighted by Crippen LogP contribution is -2.22. The molecule has 4 rings (SSSR count). The fraction of sp³-hybridized carbons (Fsp3) is 0.217. The van der Waals surface area contributed by atoms with Crippen molar-refractivity contribution in [1.82, 2.24) is 25.1 Å². The van der Waals surface area contributed by atoms with E-state index in [-0.39, 0.29) is 5.91 Å². The monoisotopic (exact) mass is 449 g/mol. The Hall–Kier alpha value is -2.97. The van der Waals surface area contributed by atoms with E-state index in [1.54, 1.807) is 18.0 Å². The smallest absolute Gasteiger partial charge is 0.282 e. The second kappa shape index (κ2) is 9.89. The third kappa shape index (κ3) is 5.39. The first-order valence-corrected chi connectivity index (χ1v) is 11.8.